The van der Waals surface area contributed by atoms with Crippen molar-refractivity contribution in [3.05, 3.63) is 59.2 Å². The minimum atomic E-state index is -4.94. The number of halogens is 5. The second-order valence-electron chi connectivity index (χ2n) is 9.72. The third-order valence-electron chi connectivity index (χ3n) is 5.22. The summed E-state index contributed by atoms with van der Waals surface area (Å²) in [6.45, 7) is 6.15. The van der Waals surface area contributed by atoms with E-state index in [1.807, 2.05) is 0 Å². The van der Waals surface area contributed by atoms with Crippen molar-refractivity contribution in [1.82, 2.24) is 14.6 Å². The molecule has 1 amide bonds. The van der Waals surface area contributed by atoms with Crippen molar-refractivity contribution in [3.63, 3.8) is 0 Å². The number of amides is 1. The van der Waals surface area contributed by atoms with Crippen LogP contribution >= 0.6 is 0 Å². The summed E-state index contributed by atoms with van der Waals surface area (Å²) >= 11 is 0. The van der Waals surface area contributed by atoms with Gasteiger partial charge < -0.3 is 9.47 Å². The molecule has 2 heterocycles. The van der Waals surface area contributed by atoms with E-state index < -0.39 is 62.7 Å². The molecule has 0 saturated heterocycles. The molecule has 0 saturated carbocycles. The monoisotopic (exact) mass is 576 g/mol. The molecule has 15 heteroatoms. The van der Waals surface area contributed by atoms with Gasteiger partial charge in [-0.1, -0.05) is 6.07 Å². The highest BCUT2D eigenvalue weighted by atomic mass is 32.2. The van der Waals surface area contributed by atoms with Crippen molar-refractivity contribution in [3.8, 4) is 5.75 Å². The molecule has 2 aromatic rings. The second-order valence-corrected chi connectivity index (χ2v) is 11.7. The molecule has 1 aliphatic heterocycles. The lowest BCUT2D eigenvalue weighted by atomic mass is 9.92. The molecule has 39 heavy (non-hydrogen) atoms. The number of nitrogens with zero attached hydrogens (tertiary/aromatic N) is 3. The van der Waals surface area contributed by atoms with E-state index in [9.17, 15) is 35.2 Å². The van der Waals surface area contributed by atoms with Gasteiger partial charge in [-0.15, -0.1) is 13.2 Å². The van der Waals surface area contributed by atoms with Crippen molar-refractivity contribution in [1.29, 1.82) is 0 Å². The number of hydrogen-bond acceptors (Lipinski definition) is 7. The first kappa shape index (κ1) is 29.8. The lowest BCUT2D eigenvalue weighted by Gasteiger charge is -2.36. The molecule has 1 aromatic carbocycles. The molecule has 1 N–H and O–H groups in total. The highest BCUT2D eigenvalue weighted by molar-refractivity contribution is 7.89. The fourth-order valence-electron chi connectivity index (χ4n) is 3.54. The maximum atomic E-state index is 15.0. The predicted octanol–water partition coefficient (Wildman–Crippen LogP) is 4.96. The summed E-state index contributed by atoms with van der Waals surface area (Å²) in [5.41, 5.74) is -3.10. The van der Waals surface area contributed by atoms with Crippen LogP contribution < -0.4 is 10.1 Å². The van der Waals surface area contributed by atoms with Gasteiger partial charge >= 0.3 is 12.5 Å². The van der Waals surface area contributed by atoms with Gasteiger partial charge in [-0.05, 0) is 63.6 Å². The van der Waals surface area contributed by atoms with Crippen LogP contribution in [0, 0.1) is 5.82 Å². The van der Waals surface area contributed by atoms with E-state index in [-0.39, 0.29) is 16.8 Å². The summed E-state index contributed by atoms with van der Waals surface area (Å²) in [4.78, 5) is 20.1. The van der Waals surface area contributed by atoms with Crippen LogP contribution in [0.3, 0.4) is 0 Å². The molecule has 0 fully saturated rings. The number of alkyl halides is 3. The Labute approximate surface area is 221 Å². The van der Waals surface area contributed by atoms with Crippen LogP contribution in [0.1, 0.15) is 44.5 Å². The van der Waals surface area contributed by atoms with Crippen LogP contribution in [-0.2, 0) is 20.3 Å². The van der Waals surface area contributed by atoms with Gasteiger partial charge in [0.15, 0.2) is 0 Å². The van der Waals surface area contributed by atoms with Crippen LogP contribution in [0.25, 0.3) is 11.9 Å². The Kier molecular flexibility index (Phi) is 7.97. The first-order valence-corrected chi connectivity index (χ1v) is 12.8. The zero-order valence-electron chi connectivity index (χ0n) is 21.4. The Balaban J connectivity index is 1.97. The maximum Gasteiger partial charge on any atom is 0.573 e. The van der Waals surface area contributed by atoms with Gasteiger partial charge in [0.1, 0.15) is 28.5 Å². The Bertz CT molecular complexity index is 1420. The average Bonchev–Trinajstić information content (AvgIpc) is 2.76. The SMILES string of the molecule is CN1C(NC(=O)OC(C)(C)C)=N[C@](C)(c2cc(/C=C(\F)c3ccc(OC(F)(F)F)cn3)ccc2F)CS1(=O)=O. The highest BCUT2D eigenvalue weighted by Gasteiger charge is 2.43. The third kappa shape index (κ3) is 7.65. The summed E-state index contributed by atoms with van der Waals surface area (Å²) in [5, 5.41) is 2.26. The van der Waals surface area contributed by atoms with E-state index in [0.717, 1.165) is 35.6 Å². The summed E-state index contributed by atoms with van der Waals surface area (Å²) in [6, 6.07) is 5.19. The molecule has 0 spiro atoms. The van der Waals surface area contributed by atoms with Crippen molar-refractivity contribution in [2.45, 2.75) is 45.2 Å². The van der Waals surface area contributed by atoms with E-state index >= 15 is 0 Å². The normalized spacial score (nSPS) is 19.8. The predicted molar refractivity (Wildman–Crippen MR) is 132 cm³/mol. The average molecular weight is 577 g/mol. The third-order valence-corrected chi connectivity index (χ3v) is 7.16. The number of sulfonamides is 1. The van der Waals surface area contributed by atoms with Crippen molar-refractivity contribution in [2.24, 2.45) is 4.99 Å². The Morgan fingerprint density at radius 3 is 2.41 bits per heavy atom. The van der Waals surface area contributed by atoms with E-state index in [2.05, 4.69) is 20.0 Å². The molecule has 212 valence electrons. The lowest BCUT2D eigenvalue weighted by molar-refractivity contribution is -0.274. The number of aliphatic imine (C=N–C) groups is 1. The fraction of sp³-hybridized carbons (Fsp3) is 0.375. The second kappa shape index (κ2) is 10.4. The quantitative estimate of drug-likeness (QED) is 0.516. The summed E-state index contributed by atoms with van der Waals surface area (Å²) in [5.74, 6) is -3.54. The van der Waals surface area contributed by atoms with E-state index in [4.69, 9.17) is 4.74 Å². The van der Waals surface area contributed by atoms with Crippen LogP contribution in [-0.4, -0.2) is 54.5 Å². The Hall–Kier alpha value is -3.75. The van der Waals surface area contributed by atoms with Gasteiger partial charge in [0, 0.05) is 12.6 Å². The number of guanidine groups is 1. The number of carbonyl (C=O) groups is 1. The van der Waals surface area contributed by atoms with Gasteiger partial charge in [0.2, 0.25) is 16.0 Å². The number of hydrogen-bond donors (Lipinski definition) is 1. The number of benzene rings is 1. The number of carbonyl (C=O) groups excluding carboxylic acids is 1. The lowest BCUT2D eigenvalue weighted by Crippen LogP contribution is -2.54. The number of alkyl carbamates (subject to hydrolysis) is 1. The largest absolute Gasteiger partial charge is 0.573 e. The first-order chi connectivity index (χ1) is 17.8. The Morgan fingerprint density at radius 2 is 1.85 bits per heavy atom. The van der Waals surface area contributed by atoms with Crippen molar-refractivity contribution in [2.75, 3.05) is 12.8 Å². The van der Waals surface area contributed by atoms with E-state index in [1.165, 1.54) is 19.1 Å². The number of aromatic nitrogens is 1. The van der Waals surface area contributed by atoms with Crippen molar-refractivity contribution < 1.29 is 44.6 Å². The van der Waals surface area contributed by atoms with Crippen LogP contribution in [0.5, 0.6) is 5.75 Å². The standard InChI is InChI=1S/C24H25F5N4O5S/c1-22(2,3)38-21(34)31-20-32-23(4,13-39(35,36)33(20)5)16-10-14(6-8-17(16)25)11-18(26)19-9-7-15(12-30-19)37-24(27,28)29/h6-12H,13H2,1-5H3,(H,31,32,34)/b18-11-/t23-/m0/s1. The van der Waals surface area contributed by atoms with E-state index in [1.54, 1.807) is 20.8 Å². The zero-order chi connectivity index (χ0) is 29.4. The van der Waals surface area contributed by atoms with Gasteiger partial charge in [-0.3, -0.25) is 5.32 Å². The van der Waals surface area contributed by atoms with E-state index in [0.29, 0.717) is 6.20 Å². The number of pyridine rings is 1. The Morgan fingerprint density at radius 1 is 1.18 bits per heavy atom. The fourth-order valence-corrected chi connectivity index (χ4v) is 5.01. The van der Waals surface area contributed by atoms with Crippen LogP contribution in [0.2, 0.25) is 0 Å². The minimum Gasteiger partial charge on any atom is -0.444 e. The molecule has 0 aliphatic carbocycles. The molecule has 0 bridgehead atoms. The number of rotatable bonds is 4. The van der Waals surface area contributed by atoms with Gasteiger partial charge in [-0.2, -0.15) is 0 Å². The molecular weight excluding hydrogens is 551 g/mol. The molecule has 9 nitrogen and oxygen atoms in total. The van der Waals surface area contributed by atoms with Gasteiger partial charge in [-0.25, -0.2) is 36.3 Å². The zero-order valence-corrected chi connectivity index (χ0v) is 22.2. The molecule has 1 atom stereocenters. The van der Waals surface area contributed by atoms with Gasteiger partial charge in [0.25, 0.3) is 0 Å². The topological polar surface area (TPSA) is 110 Å². The molecule has 1 aromatic heterocycles. The summed E-state index contributed by atoms with van der Waals surface area (Å²) in [7, 11) is -2.93. The highest BCUT2D eigenvalue weighted by Crippen LogP contribution is 2.35. The molecule has 0 radical (unpaired) electrons. The van der Waals surface area contributed by atoms with Crippen LogP contribution in [0.4, 0.5) is 26.7 Å². The maximum absolute atomic E-state index is 15.0. The molecule has 0 unspecified atom stereocenters. The summed E-state index contributed by atoms with van der Waals surface area (Å²) < 4.78 is 102. The number of ether oxygens (including phenoxy) is 2. The minimum absolute atomic E-state index is 0.0794. The molecular formula is C24H25F5N4O5S. The first-order valence-electron chi connectivity index (χ1n) is 11.2. The van der Waals surface area contributed by atoms with Crippen molar-refractivity contribution >= 4 is 34.0 Å². The smallest absolute Gasteiger partial charge is 0.444 e. The van der Waals surface area contributed by atoms with Gasteiger partial charge in [0.05, 0.1) is 17.6 Å². The molecule has 1 aliphatic rings. The summed E-state index contributed by atoms with van der Waals surface area (Å²) in [6.07, 6.45) is -4.30. The molecule has 3 rings (SSSR count). The van der Waals surface area contributed by atoms with Crippen LogP contribution in [0.15, 0.2) is 41.5 Å². The number of nitrogens with one attached hydrogen (secondary N) is 1.